The zero-order valence-electron chi connectivity index (χ0n) is 11.3. The third kappa shape index (κ3) is 3.03. The number of hydrogen-bond donors (Lipinski definition) is 0. The van der Waals surface area contributed by atoms with Gasteiger partial charge in [0.2, 0.25) is 5.89 Å². The Hall–Kier alpha value is -2.08. The molecule has 2 aromatic carbocycles. The number of hydrogen-bond acceptors (Lipinski definition) is 4. The monoisotopic (exact) mass is 368 g/mol. The predicted molar refractivity (Wildman–Crippen MR) is 88.8 cm³/mol. The molecule has 0 saturated heterocycles. The van der Waals surface area contributed by atoms with Crippen molar-refractivity contribution in [3.05, 3.63) is 78.6 Å². The Morgan fingerprint density at radius 2 is 1.65 bits per heavy atom. The maximum Gasteiger partial charge on any atom is 0.429 e. The minimum Gasteiger partial charge on any atom is -0.390 e. The lowest BCUT2D eigenvalue weighted by Crippen LogP contribution is -2.33. The van der Waals surface area contributed by atoms with E-state index < -0.39 is 11.4 Å². The van der Waals surface area contributed by atoms with Crippen molar-refractivity contribution in [3.8, 4) is 17.1 Å². The quantitative estimate of drug-likeness (QED) is 0.689. The van der Waals surface area contributed by atoms with Crippen LogP contribution in [0.15, 0.2) is 56.5 Å². The molecule has 0 aliphatic rings. The first kappa shape index (κ1) is 15.8. The fourth-order valence-corrected chi connectivity index (χ4v) is 2.46. The first-order valence-corrected chi connectivity index (χ1v) is 7.45. The van der Waals surface area contributed by atoms with Crippen LogP contribution in [-0.4, -0.2) is 9.55 Å². The SMILES string of the molecule is O=c1nc(-c2ccccc2Cl)oc(=O)n1-c1ccc(Cl)c(Cl)c1. The van der Waals surface area contributed by atoms with Crippen molar-refractivity contribution in [3.63, 3.8) is 0 Å². The second-order valence-corrected chi connectivity index (χ2v) is 5.70. The van der Waals surface area contributed by atoms with Crippen molar-refractivity contribution in [2.45, 2.75) is 0 Å². The first-order valence-electron chi connectivity index (χ1n) is 6.32. The topological polar surface area (TPSA) is 65.1 Å². The molecule has 0 atom stereocenters. The Bertz CT molecular complexity index is 980. The number of rotatable bonds is 2. The molecule has 0 unspecified atom stereocenters. The summed E-state index contributed by atoms with van der Waals surface area (Å²) in [7, 11) is 0. The van der Waals surface area contributed by atoms with Gasteiger partial charge in [-0.15, -0.1) is 0 Å². The molecule has 116 valence electrons. The summed E-state index contributed by atoms with van der Waals surface area (Å²) in [5.74, 6) is -1.06. The summed E-state index contributed by atoms with van der Waals surface area (Å²) in [4.78, 5) is 28.2. The van der Waals surface area contributed by atoms with Gasteiger partial charge in [0.05, 0.1) is 26.3 Å². The highest BCUT2D eigenvalue weighted by Gasteiger charge is 2.14. The molecule has 0 saturated carbocycles. The number of aromatic nitrogens is 2. The first-order chi connectivity index (χ1) is 11.0. The van der Waals surface area contributed by atoms with Crippen LogP contribution in [0.1, 0.15) is 0 Å². The molecule has 8 heteroatoms. The molecule has 0 aliphatic heterocycles. The smallest absolute Gasteiger partial charge is 0.390 e. The Morgan fingerprint density at radius 1 is 0.913 bits per heavy atom. The van der Waals surface area contributed by atoms with E-state index in [1.165, 1.54) is 18.2 Å². The van der Waals surface area contributed by atoms with E-state index >= 15 is 0 Å². The molecule has 3 rings (SSSR count). The van der Waals surface area contributed by atoms with Gasteiger partial charge < -0.3 is 4.42 Å². The lowest BCUT2D eigenvalue weighted by atomic mass is 10.2. The summed E-state index contributed by atoms with van der Waals surface area (Å²) >= 11 is 17.7. The van der Waals surface area contributed by atoms with Crippen LogP contribution in [0.25, 0.3) is 17.1 Å². The molecule has 23 heavy (non-hydrogen) atoms. The molecular formula is C15H7Cl3N2O3. The maximum atomic E-state index is 12.2. The van der Waals surface area contributed by atoms with Gasteiger partial charge in [0, 0.05) is 0 Å². The average Bonchev–Trinajstić information content (AvgIpc) is 2.50. The summed E-state index contributed by atoms with van der Waals surface area (Å²) in [6.45, 7) is 0. The summed E-state index contributed by atoms with van der Waals surface area (Å²) in [5.41, 5.74) is -0.254. The van der Waals surface area contributed by atoms with Crippen molar-refractivity contribution < 1.29 is 4.42 Å². The van der Waals surface area contributed by atoms with Gasteiger partial charge in [-0.1, -0.05) is 46.9 Å². The van der Waals surface area contributed by atoms with Crippen LogP contribution in [0.3, 0.4) is 0 Å². The van der Waals surface area contributed by atoms with Crippen molar-refractivity contribution >= 4 is 34.8 Å². The minimum atomic E-state index is -0.904. The van der Waals surface area contributed by atoms with Crippen molar-refractivity contribution in [2.75, 3.05) is 0 Å². The number of benzene rings is 2. The van der Waals surface area contributed by atoms with E-state index in [1.54, 1.807) is 24.3 Å². The van der Waals surface area contributed by atoms with Gasteiger partial charge in [-0.2, -0.15) is 9.55 Å². The van der Waals surface area contributed by atoms with Crippen LogP contribution in [-0.2, 0) is 0 Å². The molecule has 0 amide bonds. The van der Waals surface area contributed by atoms with Gasteiger partial charge in [0.15, 0.2) is 0 Å². The zero-order chi connectivity index (χ0) is 16.6. The van der Waals surface area contributed by atoms with Gasteiger partial charge >= 0.3 is 11.4 Å². The molecule has 0 bridgehead atoms. The van der Waals surface area contributed by atoms with Gasteiger partial charge in [-0.25, -0.2) is 9.59 Å². The Balaban J connectivity index is 2.19. The van der Waals surface area contributed by atoms with E-state index in [0.717, 1.165) is 4.57 Å². The van der Waals surface area contributed by atoms with Crippen molar-refractivity contribution in [2.24, 2.45) is 0 Å². The molecule has 0 N–H and O–H groups in total. The van der Waals surface area contributed by atoms with Gasteiger partial charge in [0.25, 0.3) is 0 Å². The van der Waals surface area contributed by atoms with E-state index in [2.05, 4.69) is 4.98 Å². The van der Waals surface area contributed by atoms with E-state index in [0.29, 0.717) is 15.6 Å². The van der Waals surface area contributed by atoms with Gasteiger partial charge in [0.1, 0.15) is 0 Å². The normalized spacial score (nSPS) is 10.7. The summed E-state index contributed by atoms with van der Waals surface area (Å²) < 4.78 is 5.87. The molecule has 1 heterocycles. The highest BCUT2D eigenvalue weighted by atomic mass is 35.5. The third-order valence-electron chi connectivity index (χ3n) is 3.02. The van der Waals surface area contributed by atoms with Crippen LogP contribution < -0.4 is 11.4 Å². The second kappa shape index (κ2) is 6.20. The maximum absolute atomic E-state index is 12.2. The van der Waals surface area contributed by atoms with E-state index in [-0.39, 0.29) is 16.6 Å². The van der Waals surface area contributed by atoms with Gasteiger partial charge in [-0.3, -0.25) is 0 Å². The zero-order valence-corrected chi connectivity index (χ0v) is 13.6. The molecule has 0 radical (unpaired) electrons. The minimum absolute atomic E-state index is 0.151. The molecule has 1 aromatic heterocycles. The van der Waals surface area contributed by atoms with E-state index in [9.17, 15) is 9.59 Å². The van der Waals surface area contributed by atoms with Gasteiger partial charge in [-0.05, 0) is 30.3 Å². The van der Waals surface area contributed by atoms with Crippen LogP contribution in [0, 0.1) is 0 Å². The molecule has 3 aromatic rings. The molecule has 0 spiro atoms. The van der Waals surface area contributed by atoms with Crippen molar-refractivity contribution in [1.29, 1.82) is 0 Å². The fourth-order valence-electron chi connectivity index (χ4n) is 1.96. The molecule has 0 fully saturated rings. The fraction of sp³-hybridized carbons (Fsp3) is 0. The summed E-state index contributed by atoms with van der Waals surface area (Å²) in [6, 6.07) is 10.9. The molecule has 0 aliphatic carbocycles. The van der Waals surface area contributed by atoms with Crippen LogP contribution in [0.2, 0.25) is 15.1 Å². The highest BCUT2D eigenvalue weighted by molar-refractivity contribution is 6.42. The number of halogens is 3. The van der Waals surface area contributed by atoms with Crippen molar-refractivity contribution in [1.82, 2.24) is 9.55 Å². The standard InChI is InChI=1S/C15H7Cl3N2O3/c16-10-4-2-1-3-9(10)13-19-14(21)20(15(22)23-13)8-5-6-11(17)12(18)7-8/h1-7H. The summed E-state index contributed by atoms with van der Waals surface area (Å²) in [5, 5.41) is 0.814. The highest BCUT2D eigenvalue weighted by Crippen LogP contribution is 2.25. The third-order valence-corrected chi connectivity index (χ3v) is 4.09. The Labute approximate surface area is 144 Å². The largest absolute Gasteiger partial charge is 0.429 e. The Morgan fingerprint density at radius 3 is 2.30 bits per heavy atom. The number of nitrogens with zero attached hydrogens (tertiary/aromatic N) is 2. The molecule has 5 nitrogen and oxygen atoms in total. The predicted octanol–water partition coefficient (Wildman–Crippen LogP) is 3.81. The average molecular weight is 370 g/mol. The summed E-state index contributed by atoms with van der Waals surface area (Å²) in [6.07, 6.45) is 0. The van der Waals surface area contributed by atoms with Crippen LogP contribution >= 0.6 is 34.8 Å². The van der Waals surface area contributed by atoms with Crippen LogP contribution in [0.5, 0.6) is 0 Å². The lowest BCUT2D eigenvalue weighted by molar-refractivity contribution is 0.448. The van der Waals surface area contributed by atoms with E-state index in [4.69, 9.17) is 39.2 Å². The van der Waals surface area contributed by atoms with E-state index in [1.807, 2.05) is 0 Å². The van der Waals surface area contributed by atoms with Crippen LogP contribution in [0.4, 0.5) is 0 Å². The molecular weight excluding hydrogens is 363 g/mol. The Kier molecular flexibility index (Phi) is 4.26. The lowest BCUT2D eigenvalue weighted by Gasteiger charge is -2.06. The second-order valence-electron chi connectivity index (χ2n) is 4.48.